The van der Waals surface area contributed by atoms with Crippen molar-refractivity contribution < 1.29 is 24.2 Å². The van der Waals surface area contributed by atoms with Gasteiger partial charge in [0.15, 0.2) is 0 Å². The number of ether oxygens (including phenoxy) is 2. The van der Waals surface area contributed by atoms with E-state index in [1.165, 1.54) is 57.6 Å². The zero-order chi connectivity index (χ0) is 46.4. The fourth-order valence-corrected chi connectivity index (χ4v) is 10.4. The van der Waals surface area contributed by atoms with E-state index in [9.17, 15) is 14.7 Å². The average molecular weight is 896 g/mol. The van der Waals surface area contributed by atoms with Crippen molar-refractivity contribution >= 4 is 70.6 Å². The van der Waals surface area contributed by atoms with E-state index in [4.69, 9.17) is 29.7 Å². The minimum absolute atomic E-state index is 0. The first kappa shape index (κ1) is 51.8. The van der Waals surface area contributed by atoms with Crippen LogP contribution in [0.25, 0.3) is 41.0 Å². The molecule has 1 fully saturated rings. The van der Waals surface area contributed by atoms with Gasteiger partial charge in [-0.3, -0.25) is 9.59 Å². The van der Waals surface area contributed by atoms with Crippen LogP contribution >= 0.6 is 0 Å². The molecule has 3 aromatic rings. The SMILES string of the molecule is C=Cc1c2[n-]c(c1C)/C=C1\[N-]C(C3=c4[n-]c(c(C)c4=C(O)[C@@H]3C(=O)OC)/C=c3\[n-]/c(c(C)c3CC)=C\2)[C@@H](CCC(=O)OC/C=C(\C)CCC[C@@H](C)CCC[C@H](C)CCCC(C)C)[C@@H]1C.[Mg+2]. The van der Waals surface area contributed by atoms with E-state index in [0.717, 1.165) is 92.6 Å². The molecule has 0 amide bonds. The van der Waals surface area contributed by atoms with E-state index in [1.807, 2.05) is 44.2 Å². The summed E-state index contributed by atoms with van der Waals surface area (Å²) in [6.07, 6.45) is 22.6. The number of carbonyl (C=O) groups is 2. The number of rotatable bonds is 20. The van der Waals surface area contributed by atoms with Gasteiger partial charge in [0.25, 0.3) is 0 Å². The van der Waals surface area contributed by atoms with Gasteiger partial charge in [-0.05, 0) is 94.6 Å². The molecule has 9 nitrogen and oxygen atoms in total. The van der Waals surface area contributed by atoms with E-state index < -0.39 is 17.9 Å². The summed E-state index contributed by atoms with van der Waals surface area (Å²) < 4.78 is 11.1. The molecular weight excluding hydrogens is 821 g/mol. The van der Waals surface area contributed by atoms with Crippen LogP contribution in [0, 0.1) is 56.3 Å². The molecule has 0 spiro atoms. The molecule has 348 valence electrons. The second kappa shape index (κ2) is 23.0. The largest absolute Gasteiger partial charge is 2.00 e. The van der Waals surface area contributed by atoms with E-state index in [-0.39, 0.29) is 59.6 Å². The van der Waals surface area contributed by atoms with Gasteiger partial charge in [-0.25, -0.2) is 0 Å². The number of aromatic nitrogens is 3. The van der Waals surface area contributed by atoms with Gasteiger partial charge < -0.3 is 34.8 Å². The van der Waals surface area contributed by atoms with Gasteiger partial charge in [0.2, 0.25) is 0 Å². The summed E-state index contributed by atoms with van der Waals surface area (Å²) in [6.45, 7) is 26.2. The van der Waals surface area contributed by atoms with E-state index in [2.05, 4.69) is 62.0 Å². The molecule has 65 heavy (non-hydrogen) atoms. The van der Waals surface area contributed by atoms with Gasteiger partial charge in [0.1, 0.15) is 18.3 Å². The Hall–Kier alpha value is -4.15. The molecule has 1 N–H and O–H groups in total. The number of aliphatic hydroxyl groups excluding tert-OH is 1. The van der Waals surface area contributed by atoms with Gasteiger partial charge >= 0.3 is 35.0 Å². The van der Waals surface area contributed by atoms with Crippen LogP contribution in [-0.4, -0.2) is 59.9 Å². The molecule has 3 aliphatic rings. The Labute approximate surface area is 404 Å². The zero-order valence-electron chi connectivity index (χ0n) is 41.4. The Bertz CT molecular complexity index is 2510. The van der Waals surface area contributed by atoms with Crippen molar-refractivity contribution in [3.63, 3.8) is 0 Å². The normalized spacial score (nSPS) is 21.7. The zero-order valence-corrected chi connectivity index (χ0v) is 42.8. The summed E-state index contributed by atoms with van der Waals surface area (Å²) >= 11 is 0. The molecule has 5 heterocycles. The van der Waals surface area contributed by atoms with Crippen molar-refractivity contribution in [2.24, 2.45) is 35.5 Å². The summed E-state index contributed by atoms with van der Waals surface area (Å²) in [6, 6.07) is -0.573. The Kier molecular flexibility index (Phi) is 18.4. The minimum Gasteiger partial charge on any atom is -0.681 e. The molecule has 1 saturated heterocycles. The molecule has 6 atom stereocenters. The first-order valence-corrected chi connectivity index (χ1v) is 24.2. The number of allylic oxidation sites excluding steroid dienone is 2. The summed E-state index contributed by atoms with van der Waals surface area (Å²) in [4.78, 5) is 42.4. The summed E-state index contributed by atoms with van der Waals surface area (Å²) in [7, 11) is 1.33. The first-order chi connectivity index (χ1) is 30.6. The van der Waals surface area contributed by atoms with E-state index >= 15 is 0 Å². The van der Waals surface area contributed by atoms with Crippen LogP contribution in [0.15, 0.2) is 23.9 Å². The van der Waals surface area contributed by atoms with Crippen LogP contribution < -0.4 is 36.2 Å². The maximum Gasteiger partial charge on any atom is 2.00 e. The molecule has 10 heteroatoms. The van der Waals surface area contributed by atoms with Gasteiger partial charge in [-0.15, -0.1) is 33.1 Å². The van der Waals surface area contributed by atoms with Crippen molar-refractivity contribution in [2.45, 2.75) is 152 Å². The third kappa shape index (κ3) is 11.7. The number of hydrogen-bond acceptors (Lipinski definition) is 5. The van der Waals surface area contributed by atoms with Crippen molar-refractivity contribution in [3.8, 4) is 0 Å². The Balaban J connectivity index is 0.00000793. The molecule has 2 aliphatic heterocycles. The molecule has 1 aliphatic carbocycles. The van der Waals surface area contributed by atoms with Crippen molar-refractivity contribution in [2.75, 3.05) is 13.7 Å². The molecule has 6 rings (SSSR count). The fraction of sp³-hybridized carbons (Fsp3) is 0.564. The summed E-state index contributed by atoms with van der Waals surface area (Å²) in [5, 5.41) is 20.0. The number of esters is 2. The fourth-order valence-electron chi connectivity index (χ4n) is 10.4. The van der Waals surface area contributed by atoms with Crippen LogP contribution in [0.3, 0.4) is 0 Å². The third-order valence-electron chi connectivity index (χ3n) is 14.5. The van der Waals surface area contributed by atoms with Crippen LogP contribution in [0.5, 0.6) is 0 Å². The number of hydrogen-bond donors (Lipinski definition) is 1. The van der Waals surface area contributed by atoms with E-state index in [0.29, 0.717) is 28.3 Å². The van der Waals surface area contributed by atoms with E-state index in [1.54, 1.807) is 0 Å². The number of nitrogens with zero attached hydrogens (tertiary/aromatic N) is 4. The summed E-state index contributed by atoms with van der Waals surface area (Å²) in [5.41, 5.74) is 9.73. The molecule has 0 radical (unpaired) electrons. The Morgan fingerprint density at radius 1 is 0.846 bits per heavy atom. The van der Waals surface area contributed by atoms with Gasteiger partial charge in [-0.2, -0.15) is 5.70 Å². The third-order valence-corrected chi connectivity index (χ3v) is 14.5. The molecular formula is C55H74MgN4O5-2. The molecule has 0 saturated carbocycles. The number of fused-ring (bicyclic) bond motifs is 8. The first-order valence-electron chi connectivity index (χ1n) is 24.2. The average Bonchev–Trinajstić information content (AvgIpc) is 3.99. The number of aliphatic hydroxyl groups is 1. The molecule has 3 aromatic heterocycles. The maximum absolute atomic E-state index is 13.6. The maximum atomic E-state index is 13.6. The Morgan fingerprint density at radius 3 is 2.14 bits per heavy atom. The summed E-state index contributed by atoms with van der Waals surface area (Å²) in [5.74, 6) is -0.00332. The number of carbonyl (C=O) groups excluding carboxylic acids is 2. The Morgan fingerprint density at radius 2 is 1.49 bits per heavy atom. The van der Waals surface area contributed by atoms with Gasteiger partial charge in [-0.1, -0.05) is 157 Å². The minimum atomic E-state index is -1.07. The van der Waals surface area contributed by atoms with Crippen LogP contribution in [0.1, 0.15) is 164 Å². The second-order valence-corrected chi connectivity index (χ2v) is 19.6. The van der Waals surface area contributed by atoms with Crippen LogP contribution in [0.4, 0.5) is 0 Å². The van der Waals surface area contributed by atoms with Crippen LogP contribution in [-0.2, 0) is 25.5 Å². The van der Waals surface area contributed by atoms with Crippen molar-refractivity contribution in [1.82, 2.24) is 15.0 Å². The number of methoxy groups -OCH3 is 1. The predicted molar refractivity (Wildman–Crippen MR) is 266 cm³/mol. The van der Waals surface area contributed by atoms with Crippen molar-refractivity contribution in [1.29, 1.82) is 0 Å². The predicted octanol–water partition coefficient (Wildman–Crippen LogP) is 8.66. The molecule has 8 bridgehead atoms. The topological polar surface area (TPSA) is 129 Å². The molecule has 0 aromatic carbocycles. The monoisotopic (exact) mass is 895 g/mol. The molecule has 1 unspecified atom stereocenters. The van der Waals surface area contributed by atoms with Crippen molar-refractivity contribution in [3.05, 3.63) is 95.4 Å². The van der Waals surface area contributed by atoms with Crippen LogP contribution in [0.2, 0.25) is 0 Å². The van der Waals surface area contributed by atoms with Gasteiger partial charge in [0.05, 0.1) is 7.11 Å². The van der Waals surface area contributed by atoms with Gasteiger partial charge in [0, 0.05) is 11.6 Å². The smallest absolute Gasteiger partial charge is 0.681 e. The quantitative estimate of drug-likeness (QED) is 0.0679. The standard InChI is InChI=1S/C55H74N4O5.Mg/c1-13-39-35(8)42-28-44-37(10)41(24-25-48(60)64-27-26-34(7)23-17-22-33(6)21-16-20-32(5)19-15-18-31(3)4)52(58-44)50-51(55(62)63-12)54(61)49-38(11)45(59-53(49)50)30-47-40(14-2)36(9)43(57-47)29-46(39)56-42;/h13,26,28-33,37,41,51-52,61H,1,14-25,27H2,2-12H3;/q-4;+2/b34-26+,43-29-,44-28-,47-30-;/t32-,33+,37+,41+,51-,52?;/m1./s1. The second-order valence-electron chi connectivity index (χ2n) is 19.6.